The minimum absolute atomic E-state index is 0.0294. The molecule has 0 saturated heterocycles. The second kappa shape index (κ2) is 5.74. The average Bonchev–Trinajstić information content (AvgIpc) is 2.02. The van der Waals surface area contributed by atoms with E-state index < -0.39 is 12.3 Å². The summed E-state index contributed by atoms with van der Waals surface area (Å²) in [5.74, 6) is -0.418. The predicted octanol–water partition coefficient (Wildman–Crippen LogP) is 0.197. The summed E-state index contributed by atoms with van der Waals surface area (Å²) in [5.41, 5.74) is 0.516. The molecule has 0 heterocycles. The third-order valence-corrected chi connectivity index (χ3v) is 1.36. The Morgan fingerprint density at radius 3 is 2.58 bits per heavy atom. The third kappa shape index (κ3) is 4.87. The van der Waals surface area contributed by atoms with E-state index in [-0.39, 0.29) is 13.0 Å². The van der Waals surface area contributed by atoms with Crippen LogP contribution in [0.3, 0.4) is 0 Å². The number of carbonyl (C=O) groups excluding carboxylic acids is 1. The molecule has 0 bridgehead atoms. The van der Waals surface area contributed by atoms with E-state index in [1.165, 1.54) is 0 Å². The minimum Gasteiger partial charge on any atom is -0.462 e. The Morgan fingerprint density at radius 2 is 2.17 bits per heavy atom. The van der Waals surface area contributed by atoms with Crippen LogP contribution >= 0.6 is 0 Å². The molecule has 0 aliphatic heterocycles. The van der Waals surface area contributed by atoms with Crippen LogP contribution < -0.4 is 0 Å². The molecule has 0 aromatic heterocycles. The Kier molecular flexibility index (Phi) is 5.32. The van der Waals surface area contributed by atoms with Crippen molar-refractivity contribution in [2.75, 3.05) is 6.61 Å². The van der Waals surface area contributed by atoms with Crippen molar-refractivity contribution >= 4 is 5.97 Å². The van der Waals surface area contributed by atoms with Crippen LogP contribution in [-0.4, -0.2) is 29.1 Å². The summed E-state index contributed by atoms with van der Waals surface area (Å²) in [5, 5.41) is 16.8. The molecule has 0 rings (SSSR count). The molecule has 0 atom stereocenters. The van der Waals surface area contributed by atoms with E-state index in [4.69, 9.17) is 10.2 Å². The van der Waals surface area contributed by atoms with Gasteiger partial charge >= 0.3 is 5.97 Å². The first-order chi connectivity index (χ1) is 5.57. The summed E-state index contributed by atoms with van der Waals surface area (Å²) >= 11 is 0. The van der Waals surface area contributed by atoms with E-state index in [1.54, 1.807) is 19.9 Å². The number of aliphatic hydroxyl groups excluding tert-OH is 1. The first-order valence-electron chi connectivity index (χ1n) is 3.74. The van der Waals surface area contributed by atoms with E-state index in [9.17, 15) is 4.79 Å². The second-order valence-corrected chi connectivity index (χ2v) is 2.38. The number of aliphatic hydroxyl groups is 2. The molecule has 0 aliphatic rings. The summed E-state index contributed by atoms with van der Waals surface area (Å²) in [6.07, 6.45) is 0.268. The lowest BCUT2D eigenvalue weighted by Gasteiger charge is -2.05. The maximum atomic E-state index is 10.9. The smallest absolute Gasteiger partial charge is 0.333 e. The lowest BCUT2D eigenvalue weighted by molar-refractivity contribution is -0.141. The second-order valence-electron chi connectivity index (χ2n) is 2.38. The standard InChI is InChI=1S/C8H14O4/c1-3-6(2)8(11)12-5-4-7(9)10/h3,7,9-10H,4-5H2,1-2H3. The van der Waals surface area contributed by atoms with Crippen molar-refractivity contribution in [2.24, 2.45) is 0 Å². The maximum absolute atomic E-state index is 10.9. The molecule has 4 nitrogen and oxygen atoms in total. The summed E-state index contributed by atoms with van der Waals surface area (Å²) < 4.78 is 4.68. The zero-order valence-electron chi connectivity index (χ0n) is 7.28. The molecule has 0 amide bonds. The lowest BCUT2D eigenvalue weighted by Crippen LogP contribution is -2.13. The molecular formula is C8H14O4. The van der Waals surface area contributed by atoms with E-state index in [1.807, 2.05) is 0 Å². The SMILES string of the molecule is CC=C(C)C(=O)OCCC(O)O. The first-order valence-corrected chi connectivity index (χ1v) is 3.74. The minimum atomic E-state index is -1.41. The summed E-state index contributed by atoms with van der Waals surface area (Å²) in [4.78, 5) is 10.9. The highest BCUT2D eigenvalue weighted by Gasteiger charge is 2.05. The van der Waals surface area contributed by atoms with Crippen LogP contribution in [0.15, 0.2) is 11.6 Å². The lowest BCUT2D eigenvalue weighted by atomic mass is 10.3. The zero-order valence-corrected chi connectivity index (χ0v) is 7.28. The van der Waals surface area contributed by atoms with Crippen molar-refractivity contribution in [2.45, 2.75) is 26.6 Å². The Labute approximate surface area is 71.5 Å². The molecule has 0 radical (unpaired) electrons. The van der Waals surface area contributed by atoms with Crippen LogP contribution in [0.1, 0.15) is 20.3 Å². The van der Waals surface area contributed by atoms with Gasteiger partial charge in [-0.05, 0) is 13.8 Å². The number of carbonyl (C=O) groups is 1. The molecule has 2 N–H and O–H groups in total. The van der Waals surface area contributed by atoms with Gasteiger partial charge in [0.1, 0.15) is 0 Å². The van der Waals surface area contributed by atoms with Crippen LogP contribution in [0, 0.1) is 0 Å². The van der Waals surface area contributed by atoms with Gasteiger partial charge in [0, 0.05) is 12.0 Å². The number of rotatable bonds is 4. The van der Waals surface area contributed by atoms with E-state index >= 15 is 0 Å². The molecule has 12 heavy (non-hydrogen) atoms. The van der Waals surface area contributed by atoms with Gasteiger partial charge in [-0.15, -0.1) is 0 Å². The van der Waals surface area contributed by atoms with Gasteiger partial charge in [-0.3, -0.25) is 0 Å². The quantitative estimate of drug-likeness (QED) is 0.363. The van der Waals surface area contributed by atoms with E-state index in [0.29, 0.717) is 5.57 Å². The molecule has 0 aromatic carbocycles. The highest BCUT2D eigenvalue weighted by atomic mass is 16.5. The fraction of sp³-hybridized carbons (Fsp3) is 0.625. The molecular weight excluding hydrogens is 160 g/mol. The van der Waals surface area contributed by atoms with Gasteiger partial charge in [0.2, 0.25) is 0 Å². The maximum Gasteiger partial charge on any atom is 0.333 e. The number of allylic oxidation sites excluding steroid dienone is 1. The highest BCUT2D eigenvalue weighted by Crippen LogP contribution is 1.97. The largest absolute Gasteiger partial charge is 0.462 e. The van der Waals surface area contributed by atoms with Crippen LogP contribution in [0.25, 0.3) is 0 Å². The van der Waals surface area contributed by atoms with Crippen LogP contribution in [0.4, 0.5) is 0 Å². The van der Waals surface area contributed by atoms with Crippen molar-refractivity contribution in [3.63, 3.8) is 0 Å². The van der Waals surface area contributed by atoms with Crippen LogP contribution in [-0.2, 0) is 9.53 Å². The number of ether oxygens (including phenoxy) is 1. The third-order valence-electron chi connectivity index (χ3n) is 1.36. The van der Waals surface area contributed by atoms with Gasteiger partial charge in [-0.25, -0.2) is 4.79 Å². The number of esters is 1. The topological polar surface area (TPSA) is 66.8 Å². The van der Waals surface area contributed by atoms with Gasteiger partial charge in [0.15, 0.2) is 6.29 Å². The van der Waals surface area contributed by atoms with Crippen LogP contribution in [0.2, 0.25) is 0 Å². The fourth-order valence-electron chi connectivity index (χ4n) is 0.489. The molecule has 0 aromatic rings. The summed E-state index contributed by atoms with van der Waals surface area (Å²) in [6, 6.07) is 0. The van der Waals surface area contributed by atoms with E-state index in [2.05, 4.69) is 4.74 Å². The summed E-state index contributed by atoms with van der Waals surface area (Å²) in [6.45, 7) is 3.40. The van der Waals surface area contributed by atoms with Gasteiger partial charge in [-0.2, -0.15) is 0 Å². The highest BCUT2D eigenvalue weighted by molar-refractivity contribution is 5.87. The monoisotopic (exact) mass is 174 g/mol. The van der Waals surface area contributed by atoms with Gasteiger partial charge in [0.25, 0.3) is 0 Å². The first kappa shape index (κ1) is 11.1. The zero-order chi connectivity index (χ0) is 9.56. The van der Waals surface area contributed by atoms with Crippen molar-refractivity contribution in [3.8, 4) is 0 Å². The van der Waals surface area contributed by atoms with Crippen molar-refractivity contribution < 1.29 is 19.7 Å². The Morgan fingerprint density at radius 1 is 1.58 bits per heavy atom. The van der Waals surface area contributed by atoms with Crippen molar-refractivity contribution in [1.82, 2.24) is 0 Å². The number of hydrogen-bond donors (Lipinski definition) is 2. The van der Waals surface area contributed by atoms with Gasteiger partial charge in [-0.1, -0.05) is 6.08 Å². The Balaban J connectivity index is 3.58. The fourth-order valence-corrected chi connectivity index (χ4v) is 0.489. The normalized spacial score (nSPS) is 11.9. The molecule has 0 fully saturated rings. The van der Waals surface area contributed by atoms with Crippen molar-refractivity contribution in [3.05, 3.63) is 11.6 Å². The van der Waals surface area contributed by atoms with Crippen LogP contribution in [0.5, 0.6) is 0 Å². The van der Waals surface area contributed by atoms with Gasteiger partial charge < -0.3 is 14.9 Å². The average molecular weight is 174 g/mol. The molecule has 0 aliphatic carbocycles. The molecule has 0 unspecified atom stereocenters. The Hall–Kier alpha value is -0.870. The molecule has 0 saturated carbocycles. The summed E-state index contributed by atoms with van der Waals surface area (Å²) in [7, 11) is 0. The van der Waals surface area contributed by atoms with Gasteiger partial charge in [0.05, 0.1) is 6.61 Å². The van der Waals surface area contributed by atoms with E-state index in [0.717, 1.165) is 0 Å². The van der Waals surface area contributed by atoms with Crippen molar-refractivity contribution in [1.29, 1.82) is 0 Å². The number of hydrogen-bond acceptors (Lipinski definition) is 4. The molecule has 70 valence electrons. The molecule has 0 spiro atoms. The predicted molar refractivity (Wildman–Crippen MR) is 43.2 cm³/mol. The Bertz CT molecular complexity index is 172. The molecule has 4 heteroatoms.